The van der Waals surface area contributed by atoms with Crippen molar-refractivity contribution in [1.82, 2.24) is 9.21 Å². The van der Waals surface area contributed by atoms with Crippen molar-refractivity contribution < 1.29 is 22.7 Å². The van der Waals surface area contributed by atoms with Gasteiger partial charge in [0.1, 0.15) is 0 Å². The van der Waals surface area contributed by atoms with Crippen LogP contribution >= 0.6 is 0 Å². The van der Waals surface area contributed by atoms with Gasteiger partial charge in [-0.3, -0.25) is 9.59 Å². The second-order valence-electron chi connectivity index (χ2n) is 7.33. The summed E-state index contributed by atoms with van der Waals surface area (Å²) < 4.78 is 31.5. The molecule has 29 heavy (non-hydrogen) atoms. The van der Waals surface area contributed by atoms with Crippen LogP contribution in [0.15, 0.2) is 29.2 Å². The molecule has 0 spiro atoms. The average Bonchev–Trinajstić information content (AvgIpc) is 2.71. The first-order valence-electron chi connectivity index (χ1n) is 10.3. The molecule has 1 amide bonds. The molecule has 0 aliphatic carbocycles. The number of nitrogens with zero attached hydrogens (tertiary/aromatic N) is 2. The van der Waals surface area contributed by atoms with E-state index in [1.165, 1.54) is 4.31 Å². The SMILES string of the molecule is CCN(CC)S(=O)(=O)c1ccc(CCC(=O)OCC(=O)N2CCCCC2C)cc1. The lowest BCUT2D eigenvalue weighted by Crippen LogP contribution is -2.44. The molecule has 1 fully saturated rings. The number of aryl methyl sites for hydroxylation is 1. The molecule has 1 saturated heterocycles. The third-order valence-corrected chi connectivity index (χ3v) is 7.43. The third-order valence-electron chi connectivity index (χ3n) is 5.36. The van der Waals surface area contributed by atoms with Gasteiger partial charge in [-0.15, -0.1) is 0 Å². The van der Waals surface area contributed by atoms with Crippen LogP contribution in [0, 0.1) is 0 Å². The second-order valence-corrected chi connectivity index (χ2v) is 9.26. The summed E-state index contributed by atoms with van der Waals surface area (Å²) in [5.41, 5.74) is 0.844. The fourth-order valence-corrected chi connectivity index (χ4v) is 5.01. The molecule has 1 aliphatic rings. The number of hydrogen-bond acceptors (Lipinski definition) is 5. The predicted octanol–water partition coefficient (Wildman–Crippen LogP) is 2.59. The summed E-state index contributed by atoms with van der Waals surface area (Å²) in [5, 5.41) is 0. The molecule has 0 radical (unpaired) electrons. The molecule has 1 aliphatic heterocycles. The maximum absolute atomic E-state index is 12.5. The number of carbonyl (C=O) groups is 2. The molecule has 1 unspecified atom stereocenters. The highest BCUT2D eigenvalue weighted by Crippen LogP contribution is 2.18. The number of sulfonamides is 1. The Morgan fingerprint density at radius 2 is 1.79 bits per heavy atom. The van der Waals surface area contributed by atoms with Crippen molar-refractivity contribution in [3.63, 3.8) is 0 Å². The monoisotopic (exact) mass is 424 g/mol. The van der Waals surface area contributed by atoms with Gasteiger partial charge in [-0.05, 0) is 50.3 Å². The minimum absolute atomic E-state index is 0.142. The van der Waals surface area contributed by atoms with Crippen LogP contribution in [-0.2, 0) is 30.8 Å². The van der Waals surface area contributed by atoms with Gasteiger partial charge in [0.05, 0.1) is 4.90 Å². The lowest BCUT2D eigenvalue weighted by Gasteiger charge is -2.33. The van der Waals surface area contributed by atoms with Gasteiger partial charge in [-0.2, -0.15) is 4.31 Å². The van der Waals surface area contributed by atoms with Gasteiger partial charge in [0.2, 0.25) is 10.0 Å². The highest BCUT2D eigenvalue weighted by atomic mass is 32.2. The largest absolute Gasteiger partial charge is 0.456 e. The molecule has 1 atom stereocenters. The number of esters is 1. The molecule has 8 heteroatoms. The van der Waals surface area contributed by atoms with E-state index in [4.69, 9.17) is 4.74 Å². The van der Waals surface area contributed by atoms with Crippen LogP contribution in [0.4, 0.5) is 0 Å². The number of ether oxygens (including phenoxy) is 1. The van der Waals surface area contributed by atoms with E-state index in [1.807, 2.05) is 6.92 Å². The fraction of sp³-hybridized carbons (Fsp3) is 0.619. The van der Waals surface area contributed by atoms with E-state index in [9.17, 15) is 18.0 Å². The number of hydrogen-bond donors (Lipinski definition) is 0. The Morgan fingerprint density at radius 3 is 2.38 bits per heavy atom. The first-order valence-corrected chi connectivity index (χ1v) is 11.8. The molecular weight excluding hydrogens is 392 g/mol. The van der Waals surface area contributed by atoms with Gasteiger partial charge in [0.15, 0.2) is 6.61 Å². The molecule has 0 aromatic heterocycles. The molecule has 1 heterocycles. The van der Waals surface area contributed by atoms with Crippen LogP contribution in [0.1, 0.15) is 52.0 Å². The Labute approximate surface area is 174 Å². The van der Waals surface area contributed by atoms with E-state index < -0.39 is 16.0 Å². The topological polar surface area (TPSA) is 84.0 Å². The van der Waals surface area contributed by atoms with Crippen LogP contribution in [0.5, 0.6) is 0 Å². The highest BCUT2D eigenvalue weighted by molar-refractivity contribution is 7.89. The van der Waals surface area contributed by atoms with Crippen molar-refractivity contribution in [1.29, 1.82) is 0 Å². The van der Waals surface area contributed by atoms with E-state index in [0.717, 1.165) is 31.4 Å². The summed E-state index contributed by atoms with van der Waals surface area (Å²) >= 11 is 0. The van der Waals surface area contributed by atoms with Crippen LogP contribution in [-0.4, -0.2) is 61.8 Å². The first-order chi connectivity index (χ1) is 13.8. The van der Waals surface area contributed by atoms with Crippen LogP contribution in [0.2, 0.25) is 0 Å². The minimum atomic E-state index is -3.48. The zero-order chi connectivity index (χ0) is 21.4. The fourth-order valence-electron chi connectivity index (χ4n) is 3.55. The quantitative estimate of drug-likeness (QED) is 0.569. The number of carbonyl (C=O) groups excluding carboxylic acids is 2. The van der Waals surface area contributed by atoms with Gasteiger partial charge >= 0.3 is 5.97 Å². The standard InChI is InChI=1S/C21H32N2O5S/c1-4-22(5-2)29(26,27)19-12-9-18(10-13-19)11-14-21(25)28-16-20(24)23-15-7-6-8-17(23)3/h9-10,12-13,17H,4-8,11,14-16H2,1-3H3. The van der Waals surface area contributed by atoms with Crippen molar-refractivity contribution in [2.45, 2.75) is 63.8 Å². The number of benzene rings is 1. The summed E-state index contributed by atoms with van der Waals surface area (Å²) in [5.74, 6) is -0.570. The van der Waals surface area contributed by atoms with Crippen molar-refractivity contribution in [3.8, 4) is 0 Å². The number of likely N-dealkylation sites (tertiary alicyclic amines) is 1. The molecule has 0 bridgehead atoms. The van der Waals surface area contributed by atoms with E-state index in [-0.39, 0.29) is 29.9 Å². The minimum Gasteiger partial charge on any atom is -0.456 e. The van der Waals surface area contributed by atoms with Gasteiger partial charge in [0.25, 0.3) is 5.91 Å². The second kappa shape index (κ2) is 10.7. The van der Waals surface area contributed by atoms with Gasteiger partial charge in [-0.25, -0.2) is 8.42 Å². The lowest BCUT2D eigenvalue weighted by atomic mass is 10.0. The summed E-state index contributed by atoms with van der Waals surface area (Å²) in [4.78, 5) is 26.2. The Morgan fingerprint density at radius 1 is 1.14 bits per heavy atom. The van der Waals surface area contributed by atoms with Crippen LogP contribution in [0.3, 0.4) is 0 Å². The molecule has 7 nitrogen and oxygen atoms in total. The van der Waals surface area contributed by atoms with Gasteiger partial charge < -0.3 is 9.64 Å². The maximum Gasteiger partial charge on any atom is 0.306 e. The lowest BCUT2D eigenvalue weighted by molar-refractivity contribution is -0.153. The molecule has 162 valence electrons. The number of rotatable bonds is 9. The van der Waals surface area contributed by atoms with Crippen LogP contribution < -0.4 is 0 Å². The summed E-state index contributed by atoms with van der Waals surface area (Å²) in [7, 11) is -3.48. The van der Waals surface area contributed by atoms with E-state index in [0.29, 0.717) is 19.5 Å². The van der Waals surface area contributed by atoms with E-state index in [2.05, 4.69) is 0 Å². The van der Waals surface area contributed by atoms with Crippen molar-refractivity contribution >= 4 is 21.9 Å². The molecule has 2 rings (SSSR count). The Balaban J connectivity index is 1.82. The Kier molecular flexibility index (Phi) is 8.64. The van der Waals surface area contributed by atoms with Crippen molar-refractivity contribution in [2.75, 3.05) is 26.2 Å². The third kappa shape index (κ3) is 6.27. The zero-order valence-corrected chi connectivity index (χ0v) is 18.4. The number of amides is 1. The maximum atomic E-state index is 12.5. The van der Waals surface area contributed by atoms with E-state index in [1.54, 1.807) is 43.0 Å². The molecule has 0 saturated carbocycles. The normalized spacial score (nSPS) is 17.4. The van der Waals surface area contributed by atoms with Crippen molar-refractivity contribution in [3.05, 3.63) is 29.8 Å². The molecule has 0 N–H and O–H groups in total. The van der Waals surface area contributed by atoms with Gasteiger partial charge in [0, 0.05) is 32.1 Å². The Hall–Kier alpha value is -1.93. The van der Waals surface area contributed by atoms with Gasteiger partial charge in [-0.1, -0.05) is 26.0 Å². The Bertz CT molecular complexity index is 788. The average molecular weight is 425 g/mol. The zero-order valence-electron chi connectivity index (χ0n) is 17.6. The molecule has 1 aromatic carbocycles. The van der Waals surface area contributed by atoms with E-state index >= 15 is 0 Å². The van der Waals surface area contributed by atoms with Crippen LogP contribution in [0.25, 0.3) is 0 Å². The summed E-state index contributed by atoms with van der Waals surface area (Å²) in [6.07, 6.45) is 3.67. The molecular formula is C21H32N2O5S. The summed E-state index contributed by atoms with van der Waals surface area (Å²) in [6.45, 7) is 6.96. The number of piperidine rings is 1. The summed E-state index contributed by atoms with van der Waals surface area (Å²) in [6, 6.07) is 6.75. The molecule has 1 aromatic rings. The van der Waals surface area contributed by atoms with Crippen molar-refractivity contribution in [2.24, 2.45) is 0 Å². The first kappa shape index (κ1) is 23.3. The smallest absolute Gasteiger partial charge is 0.306 e. The predicted molar refractivity (Wildman–Crippen MR) is 111 cm³/mol. The highest BCUT2D eigenvalue weighted by Gasteiger charge is 2.24.